The number of carbonyl (C=O) groups is 1. The van der Waals surface area contributed by atoms with E-state index in [-0.39, 0.29) is 12.1 Å². The lowest BCUT2D eigenvalue weighted by molar-refractivity contribution is -0.144. The summed E-state index contributed by atoms with van der Waals surface area (Å²) in [6.45, 7) is 3.74. The predicted molar refractivity (Wildman–Crippen MR) is 104 cm³/mol. The highest BCUT2D eigenvalue weighted by Crippen LogP contribution is 2.35. The molecule has 2 aliphatic rings. The number of nitrogens with one attached hydrogen (secondary N) is 1. The van der Waals surface area contributed by atoms with Crippen LogP contribution in [0.5, 0.6) is 11.5 Å². The quantitative estimate of drug-likeness (QED) is 0.280. The fourth-order valence-electron chi connectivity index (χ4n) is 3.21. The molecule has 0 saturated heterocycles. The van der Waals surface area contributed by atoms with Gasteiger partial charge in [0.1, 0.15) is 6.10 Å². The van der Waals surface area contributed by atoms with E-state index in [0.29, 0.717) is 6.79 Å². The largest absolute Gasteiger partial charge is 0.458 e. The first-order valence-corrected chi connectivity index (χ1v) is 9.85. The van der Waals surface area contributed by atoms with Crippen LogP contribution < -0.4 is 14.8 Å². The van der Waals surface area contributed by atoms with E-state index in [4.69, 9.17) is 14.2 Å². The normalized spacial score (nSPS) is 18.3. The molecule has 5 nitrogen and oxygen atoms in total. The van der Waals surface area contributed by atoms with Gasteiger partial charge in [-0.15, -0.1) is 0 Å². The van der Waals surface area contributed by atoms with E-state index in [9.17, 15) is 4.79 Å². The molecule has 136 valence electrons. The Balaban J connectivity index is 1.33. The smallest absolute Gasteiger partial charge is 0.303 e. The summed E-state index contributed by atoms with van der Waals surface area (Å²) in [5, 5.41) is 3.51. The van der Waals surface area contributed by atoms with Gasteiger partial charge in [-0.3, -0.25) is 4.79 Å². The Morgan fingerprint density at radius 2 is 2.08 bits per heavy atom. The molecule has 0 unspecified atom stereocenters. The van der Waals surface area contributed by atoms with Crippen molar-refractivity contribution in [1.29, 1.82) is 0 Å². The minimum absolute atomic E-state index is 0.00598. The number of ether oxygens (including phenoxy) is 3. The van der Waals surface area contributed by atoms with Gasteiger partial charge in [0.15, 0.2) is 11.5 Å². The van der Waals surface area contributed by atoms with E-state index in [1.54, 1.807) is 0 Å². The Morgan fingerprint density at radius 3 is 2.88 bits per heavy atom. The molecular weight excluding hydrogens is 433 g/mol. The zero-order chi connectivity index (χ0) is 17.6. The van der Waals surface area contributed by atoms with Gasteiger partial charge in [0, 0.05) is 10.5 Å². The van der Waals surface area contributed by atoms with Crippen LogP contribution in [0, 0.1) is 3.57 Å². The van der Waals surface area contributed by atoms with Gasteiger partial charge in [0.05, 0.1) is 0 Å². The van der Waals surface area contributed by atoms with Crippen molar-refractivity contribution in [1.82, 2.24) is 5.32 Å². The highest BCUT2D eigenvalue weighted by Gasteiger charge is 2.18. The maximum absolute atomic E-state index is 11.0. The molecule has 0 fully saturated rings. The van der Waals surface area contributed by atoms with Crippen LogP contribution in [-0.2, 0) is 16.0 Å². The second-order valence-corrected chi connectivity index (χ2v) is 7.57. The molecule has 25 heavy (non-hydrogen) atoms. The van der Waals surface area contributed by atoms with Crippen molar-refractivity contribution in [2.45, 2.75) is 45.1 Å². The first kappa shape index (κ1) is 18.5. The lowest BCUT2D eigenvalue weighted by Crippen LogP contribution is -2.19. The Morgan fingerprint density at radius 1 is 1.28 bits per heavy atom. The van der Waals surface area contributed by atoms with Crippen molar-refractivity contribution in [2.24, 2.45) is 0 Å². The SMILES string of the molecule is CC(=O)O[C@H]1C=C(CCCNCCc2cc3c(cc2I)OCO3)CC1. The molecule has 6 heteroatoms. The highest BCUT2D eigenvalue weighted by atomic mass is 127. The Hall–Kier alpha value is -1.28. The zero-order valence-electron chi connectivity index (χ0n) is 14.5. The summed E-state index contributed by atoms with van der Waals surface area (Å²) in [5.74, 6) is 1.51. The van der Waals surface area contributed by atoms with Crippen LogP contribution in [-0.4, -0.2) is 32.0 Å². The third-order valence-electron chi connectivity index (χ3n) is 4.45. The number of hydrogen-bond donors (Lipinski definition) is 1. The third kappa shape index (κ3) is 5.34. The van der Waals surface area contributed by atoms with Crippen LogP contribution in [0.1, 0.15) is 38.2 Å². The summed E-state index contributed by atoms with van der Waals surface area (Å²) in [5.41, 5.74) is 2.71. The van der Waals surface area contributed by atoms with E-state index in [0.717, 1.165) is 56.7 Å². The van der Waals surface area contributed by atoms with Crippen LogP contribution in [0.2, 0.25) is 0 Å². The summed E-state index contributed by atoms with van der Waals surface area (Å²) in [6.07, 6.45) is 7.26. The van der Waals surface area contributed by atoms with Gasteiger partial charge in [-0.25, -0.2) is 0 Å². The van der Waals surface area contributed by atoms with Gasteiger partial charge in [-0.2, -0.15) is 0 Å². The standard InChI is InChI=1S/C19H24INO4/c1-13(22)25-16-5-4-14(9-16)3-2-7-21-8-6-15-10-18-19(11-17(15)20)24-12-23-18/h9-11,16,21H,2-8,12H2,1H3/t16-/m1/s1. The van der Waals surface area contributed by atoms with Crippen molar-refractivity contribution in [3.63, 3.8) is 0 Å². The van der Waals surface area contributed by atoms with Gasteiger partial charge in [0.25, 0.3) is 0 Å². The molecule has 1 aliphatic heterocycles. The van der Waals surface area contributed by atoms with Crippen LogP contribution >= 0.6 is 22.6 Å². The predicted octanol–water partition coefficient (Wildman–Crippen LogP) is 3.58. The van der Waals surface area contributed by atoms with E-state index in [2.05, 4.69) is 40.1 Å². The Kier molecular flexibility index (Phi) is 6.58. The van der Waals surface area contributed by atoms with Gasteiger partial charge < -0.3 is 19.5 Å². The highest BCUT2D eigenvalue weighted by molar-refractivity contribution is 14.1. The molecule has 0 spiro atoms. The summed E-state index contributed by atoms with van der Waals surface area (Å²) in [7, 11) is 0. The number of benzene rings is 1. The van der Waals surface area contributed by atoms with Crippen LogP contribution in [0.3, 0.4) is 0 Å². The van der Waals surface area contributed by atoms with Crippen LogP contribution in [0.15, 0.2) is 23.8 Å². The van der Waals surface area contributed by atoms with Crippen LogP contribution in [0.4, 0.5) is 0 Å². The van der Waals surface area contributed by atoms with E-state index >= 15 is 0 Å². The molecule has 0 bridgehead atoms. The molecule has 1 aromatic carbocycles. The zero-order valence-corrected chi connectivity index (χ0v) is 16.6. The maximum atomic E-state index is 11.0. The van der Waals surface area contributed by atoms with Crippen molar-refractivity contribution in [2.75, 3.05) is 19.9 Å². The van der Waals surface area contributed by atoms with Crippen molar-refractivity contribution in [3.05, 3.63) is 32.9 Å². The lowest BCUT2D eigenvalue weighted by Gasteiger charge is -2.08. The summed E-state index contributed by atoms with van der Waals surface area (Å²) >= 11 is 2.35. The topological polar surface area (TPSA) is 56.8 Å². The first-order valence-electron chi connectivity index (χ1n) is 8.77. The maximum Gasteiger partial charge on any atom is 0.303 e. The van der Waals surface area contributed by atoms with Crippen molar-refractivity contribution in [3.8, 4) is 11.5 Å². The van der Waals surface area contributed by atoms with Crippen molar-refractivity contribution < 1.29 is 19.0 Å². The molecular formula is C19H24INO4. The van der Waals surface area contributed by atoms with Gasteiger partial charge >= 0.3 is 5.97 Å². The van der Waals surface area contributed by atoms with Gasteiger partial charge in [-0.05, 0) is 91.6 Å². The summed E-state index contributed by atoms with van der Waals surface area (Å²) in [4.78, 5) is 11.0. The first-order chi connectivity index (χ1) is 12.1. The number of esters is 1. The number of hydrogen-bond acceptors (Lipinski definition) is 5. The Bertz CT molecular complexity index is 659. The average molecular weight is 457 g/mol. The molecule has 0 aromatic heterocycles. The summed E-state index contributed by atoms with van der Waals surface area (Å²) < 4.78 is 17.3. The van der Waals surface area contributed by atoms with E-state index in [1.807, 2.05) is 6.07 Å². The molecule has 1 N–H and O–H groups in total. The van der Waals surface area contributed by atoms with E-state index in [1.165, 1.54) is 21.6 Å². The van der Waals surface area contributed by atoms with Crippen molar-refractivity contribution >= 4 is 28.6 Å². The van der Waals surface area contributed by atoms with E-state index < -0.39 is 0 Å². The molecule has 1 atom stereocenters. The molecule has 3 rings (SSSR count). The van der Waals surface area contributed by atoms with Gasteiger partial charge in [0.2, 0.25) is 6.79 Å². The third-order valence-corrected chi connectivity index (χ3v) is 5.46. The minimum Gasteiger partial charge on any atom is -0.458 e. The number of allylic oxidation sites excluding steroid dienone is 1. The molecule has 1 heterocycles. The number of carbonyl (C=O) groups excluding carboxylic acids is 1. The second-order valence-electron chi connectivity index (χ2n) is 6.41. The molecule has 1 aliphatic carbocycles. The molecule has 0 amide bonds. The number of halogens is 1. The summed E-state index contributed by atoms with van der Waals surface area (Å²) in [6, 6.07) is 4.13. The molecule has 0 radical (unpaired) electrons. The fraction of sp³-hybridized carbons (Fsp3) is 0.526. The number of fused-ring (bicyclic) bond motifs is 1. The van der Waals surface area contributed by atoms with Crippen LogP contribution in [0.25, 0.3) is 0 Å². The Labute approximate surface area is 162 Å². The molecule has 0 saturated carbocycles. The minimum atomic E-state index is -0.192. The lowest BCUT2D eigenvalue weighted by atomic mass is 10.1. The second kappa shape index (κ2) is 8.89. The average Bonchev–Trinajstić information content (AvgIpc) is 3.19. The monoisotopic (exact) mass is 457 g/mol. The van der Waals surface area contributed by atoms with Gasteiger partial charge in [-0.1, -0.05) is 5.57 Å². The number of rotatable bonds is 8. The fourth-order valence-corrected chi connectivity index (χ4v) is 3.92. The molecule has 1 aromatic rings.